The fraction of sp³-hybridized carbons (Fsp3) is 0.222. The molecule has 70 valence electrons. The highest BCUT2D eigenvalue weighted by Gasteiger charge is 2.03. The Balaban J connectivity index is 3.01. The third-order valence-corrected chi connectivity index (χ3v) is 2.25. The second-order valence-corrected chi connectivity index (χ2v) is 3.75. The van der Waals surface area contributed by atoms with Gasteiger partial charge in [0.05, 0.1) is 7.11 Å². The van der Waals surface area contributed by atoms with Crippen molar-refractivity contribution in [1.82, 2.24) is 0 Å². The normalized spacial score (nSPS) is 9.69. The molecule has 1 rings (SSSR count). The number of carboxylic acid groups (broad SMARTS) is 1. The number of carbonyl (C=O) groups is 1. The number of rotatable bonds is 3. The van der Waals surface area contributed by atoms with E-state index in [1.165, 1.54) is 7.11 Å². The van der Waals surface area contributed by atoms with E-state index in [4.69, 9.17) is 4.74 Å². The molecule has 1 aromatic carbocycles. The van der Waals surface area contributed by atoms with Crippen LogP contribution in [0.1, 0.15) is 5.56 Å². The van der Waals surface area contributed by atoms with Crippen LogP contribution in [0.3, 0.4) is 0 Å². The van der Waals surface area contributed by atoms with Crippen LogP contribution in [0.25, 0.3) is 0 Å². The quantitative estimate of drug-likeness (QED) is 0.766. The van der Waals surface area contributed by atoms with Crippen LogP contribution in [0.4, 0.5) is 0 Å². The summed E-state index contributed by atoms with van der Waals surface area (Å²) in [6.45, 7) is 0. The lowest BCUT2D eigenvalue weighted by Crippen LogP contribution is -2.24. The SMILES string of the molecule is COc1ccc(I)cc1CC(=O)[O-]. The van der Waals surface area contributed by atoms with E-state index in [2.05, 4.69) is 22.6 Å². The van der Waals surface area contributed by atoms with Gasteiger partial charge in [-0.2, -0.15) is 0 Å². The predicted molar refractivity (Wildman–Crippen MR) is 54.4 cm³/mol. The Bertz CT molecular complexity index is 323. The standard InChI is InChI=1S/C9H9IO3/c1-13-8-3-2-7(10)4-6(8)5-9(11)12/h2-4H,5H2,1H3,(H,11,12)/p-1. The van der Waals surface area contributed by atoms with Crippen molar-refractivity contribution in [2.75, 3.05) is 7.11 Å². The highest BCUT2D eigenvalue weighted by Crippen LogP contribution is 2.20. The fourth-order valence-corrected chi connectivity index (χ4v) is 1.60. The molecule has 4 heteroatoms. The number of aliphatic carboxylic acids is 1. The van der Waals surface area contributed by atoms with E-state index in [1.807, 2.05) is 6.07 Å². The molecular formula is C9H8IO3-. The van der Waals surface area contributed by atoms with Crippen LogP contribution in [0, 0.1) is 3.57 Å². The Morgan fingerprint density at radius 1 is 1.62 bits per heavy atom. The maximum absolute atomic E-state index is 10.4. The number of ether oxygens (including phenoxy) is 1. The molecule has 0 spiro atoms. The zero-order chi connectivity index (χ0) is 9.84. The first-order chi connectivity index (χ1) is 6.13. The summed E-state index contributed by atoms with van der Waals surface area (Å²) in [5.74, 6) is -0.509. The van der Waals surface area contributed by atoms with Gasteiger partial charge in [0, 0.05) is 21.5 Å². The Labute approximate surface area is 89.9 Å². The number of halogens is 1. The molecule has 0 saturated carbocycles. The van der Waals surface area contributed by atoms with Crippen LogP contribution in [-0.4, -0.2) is 13.1 Å². The van der Waals surface area contributed by atoms with Gasteiger partial charge < -0.3 is 14.6 Å². The summed E-state index contributed by atoms with van der Waals surface area (Å²) >= 11 is 2.12. The van der Waals surface area contributed by atoms with Crippen LogP contribution >= 0.6 is 22.6 Å². The highest BCUT2D eigenvalue weighted by atomic mass is 127. The zero-order valence-corrected chi connectivity index (χ0v) is 9.20. The van der Waals surface area contributed by atoms with Crippen molar-refractivity contribution in [3.63, 3.8) is 0 Å². The third-order valence-electron chi connectivity index (χ3n) is 1.58. The van der Waals surface area contributed by atoms with Gasteiger partial charge in [-0.15, -0.1) is 0 Å². The number of benzene rings is 1. The molecule has 0 amide bonds. The van der Waals surface area contributed by atoms with Gasteiger partial charge in [-0.1, -0.05) is 0 Å². The Morgan fingerprint density at radius 2 is 2.31 bits per heavy atom. The minimum absolute atomic E-state index is 0.111. The fourth-order valence-electron chi connectivity index (χ4n) is 1.04. The molecular weight excluding hydrogens is 283 g/mol. The maximum Gasteiger partial charge on any atom is 0.122 e. The lowest BCUT2D eigenvalue weighted by molar-refractivity contribution is -0.304. The van der Waals surface area contributed by atoms with Crippen molar-refractivity contribution in [1.29, 1.82) is 0 Å². The van der Waals surface area contributed by atoms with E-state index in [1.54, 1.807) is 12.1 Å². The summed E-state index contributed by atoms with van der Waals surface area (Å²) in [4.78, 5) is 10.4. The van der Waals surface area contributed by atoms with Gasteiger partial charge in [0.2, 0.25) is 0 Å². The number of methoxy groups -OCH3 is 1. The average Bonchev–Trinajstić information content (AvgIpc) is 2.03. The van der Waals surface area contributed by atoms with Gasteiger partial charge in [-0.3, -0.25) is 0 Å². The summed E-state index contributed by atoms with van der Waals surface area (Å²) in [6.07, 6.45) is -0.111. The number of hydrogen-bond donors (Lipinski definition) is 0. The molecule has 0 bridgehead atoms. The van der Waals surface area contributed by atoms with Gasteiger partial charge in [0.15, 0.2) is 0 Å². The van der Waals surface area contributed by atoms with Crippen LogP contribution < -0.4 is 9.84 Å². The van der Waals surface area contributed by atoms with Crippen LogP contribution in [0.2, 0.25) is 0 Å². The van der Waals surface area contributed by atoms with Crippen molar-refractivity contribution in [2.24, 2.45) is 0 Å². The molecule has 13 heavy (non-hydrogen) atoms. The summed E-state index contributed by atoms with van der Waals surface area (Å²) in [5.41, 5.74) is 0.648. The summed E-state index contributed by atoms with van der Waals surface area (Å²) in [6, 6.07) is 5.38. The highest BCUT2D eigenvalue weighted by molar-refractivity contribution is 14.1. The van der Waals surface area contributed by atoms with Crippen LogP contribution in [-0.2, 0) is 11.2 Å². The van der Waals surface area contributed by atoms with Gasteiger partial charge in [0.1, 0.15) is 5.75 Å². The zero-order valence-electron chi connectivity index (χ0n) is 7.04. The summed E-state index contributed by atoms with van der Waals surface area (Å²) in [5, 5.41) is 10.4. The Hall–Kier alpha value is -0.780. The lowest BCUT2D eigenvalue weighted by atomic mass is 10.1. The number of carboxylic acids is 1. The lowest BCUT2D eigenvalue weighted by Gasteiger charge is -2.08. The molecule has 0 aliphatic rings. The smallest absolute Gasteiger partial charge is 0.122 e. The number of carbonyl (C=O) groups excluding carboxylic acids is 1. The predicted octanol–water partition coefficient (Wildman–Crippen LogP) is 0.592. The van der Waals surface area contributed by atoms with E-state index >= 15 is 0 Å². The molecule has 0 unspecified atom stereocenters. The molecule has 0 aliphatic heterocycles. The van der Waals surface area contributed by atoms with E-state index in [-0.39, 0.29) is 6.42 Å². The van der Waals surface area contributed by atoms with Crippen molar-refractivity contribution >= 4 is 28.6 Å². The van der Waals surface area contributed by atoms with Crippen molar-refractivity contribution in [3.8, 4) is 5.75 Å². The van der Waals surface area contributed by atoms with Crippen LogP contribution in [0.15, 0.2) is 18.2 Å². The molecule has 0 heterocycles. The molecule has 0 N–H and O–H groups in total. The molecule has 0 radical (unpaired) electrons. The molecule has 0 aliphatic carbocycles. The van der Waals surface area contributed by atoms with E-state index in [0.717, 1.165) is 3.57 Å². The minimum atomic E-state index is -1.10. The van der Waals surface area contributed by atoms with Crippen molar-refractivity contribution in [2.45, 2.75) is 6.42 Å². The van der Waals surface area contributed by atoms with Gasteiger partial charge in [0.25, 0.3) is 0 Å². The molecule has 3 nitrogen and oxygen atoms in total. The van der Waals surface area contributed by atoms with Gasteiger partial charge in [-0.05, 0) is 40.8 Å². The Kier molecular flexibility index (Phi) is 3.53. The minimum Gasteiger partial charge on any atom is -0.550 e. The molecule has 0 fully saturated rings. The Morgan fingerprint density at radius 3 is 2.85 bits per heavy atom. The monoisotopic (exact) mass is 291 g/mol. The van der Waals surface area contributed by atoms with E-state index in [0.29, 0.717) is 11.3 Å². The maximum atomic E-state index is 10.4. The topological polar surface area (TPSA) is 49.4 Å². The van der Waals surface area contributed by atoms with E-state index in [9.17, 15) is 9.90 Å². The second-order valence-electron chi connectivity index (χ2n) is 2.50. The van der Waals surface area contributed by atoms with Crippen LogP contribution in [0.5, 0.6) is 5.75 Å². The summed E-state index contributed by atoms with van der Waals surface area (Å²) < 4.78 is 5.99. The molecule has 1 aromatic rings. The summed E-state index contributed by atoms with van der Waals surface area (Å²) in [7, 11) is 1.51. The van der Waals surface area contributed by atoms with E-state index < -0.39 is 5.97 Å². The second kappa shape index (κ2) is 4.45. The van der Waals surface area contributed by atoms with Crippen molar-refractivity contribution in [3.05, 3.63) is 27.3 Å². The first kappa shape index (κ1) is 10.3. The van der Waals surface area contributed by atoms with Gasteiger partial charge in [-0.25, -0.2) is 0 Å². The van der Waals surface area contributed by atoms with Crippen molar-refractivity contribution < 1.29 is 14.6 Å². The third kappa shape index (κ3) is 2.87. The average molecular weight is 291 g/mol. The number of hydrogen-bond acceptors (Lipinski definition) is 3. The largest absolute Gasteiger partial charge is 0.550 e. The first-order valence-electron chi connectivity index (χ1n) is 3.65. The molecule has 0 saturated heterocycles. The first-order valence-corrected chi connectivity index (χ1v) is 4.73. The molecule has 0 aromatic heterocycles. The molecule has 0 atom stereocenters. The van der Waals surface area contributed by atoms with Gasteiger partial charge >= 0.3 is 0 Å².